The smallest absolute Gasteiger partial charge is 0.287 e. The molecule has 1 aromatic heterocycles. The Bertz CT molecular complexity index is 1390. The van der Waals surface area contributed by atoms with E-state index in [-0.39, 0.29) is 36.3 Å². The van der Waals surface area contributed by atoms with Crippen LogP contribution in [0.4, 0.5) is 5.69 Å². The molecular weight excluding hydrogens is 468 g/mol. The molecule has 2 aliphatic rings. The van der Waals surface area contributed by atoms with Crippen molar-refractivity contribution in [2.24, 2.45) is 5.10 Å². The van der Waals surface area contributed by atoms with Gasteiger partial charge in [-0.25, -0.2) is 5.43 Å². The van der Waals surface area contributed by atoms with E-state index >= 15 is 0 Å². The number of non-ortho nitro benzene ring substituents is 1. The number of ether oxygens (including phenoxy) is 2. The Morgan fingerprint density at radius 2 is 1.83 bits per heavy atom. The quantitative estimate of drug-likeness (QED) is 0.396. The first kappa shape index (κ1) is 23.1. The van der Waals surface area contributed by atoms with Gasteiger partial charge in [0.15, 0.2) is 17.3 Å². The van der Waals surface area contributed by atoms with Crippen LogP contribution in [0, 0.1) is 17.0 Å². The number of rotatable bonds is 6. The van der Waals surface area contributed by atoms with Crippen LogP contribution < -0.4 is 20.2 Å². The fourth-order valence-electron chi connectivity index (χ4n) is 4.23. The Balaban J connectivity index is 1.29. The van der Waals surface area contributed by atoms with E-state index in [1.165, 1.54) is 24.3 Å². The monoisotopic (exact) mass is 490 g/mol. The molecule has 3 aromatic rings. The number of carbonyl (C=O) groups is 2. The Morgan fingerprint density at radius 1 is 1.06 bits per heavy atom. The summed E-state index contributed by atoms with van der Waals surface area (Å²) in [7, 11) is 0. The van der Waals surface area contributed by atoms with E-state index in [1.807, 2.05) is 12.1 Å². The second kappa shape index (κ2) is 9.53. The molecule has 0 unspecified atom stereocenters. The van der Waals surface area contributed by atoms with E-state index in [0.29, 0.717) is 41.4 Å². The van der Waals surface area contributed by atoms with Crippen molar-refractivity contribution in [3.8, 4) is 11.5 Å². The molecule has 0 saturated heterocycles. The van der Waals surface area contributed by atoms with Gasteiger partial charge in [-0.1, -0.05) is 6.07 Å². The molecule has 2 aromatic carbocycles. The van der Waals surface area contributed by atoms with Crippen LogP contribution in [-0.4, -0.2) is 29.2 Å². The van der Waals surface area contributed by atoms with Crippen LogP contribution in [0.25, 0.3) is 0 Å². The van der Waals surface area contributed by atoms with Crippen LogP contribution in [-0.2, 0) is 13.0 Å². The number of hydrazone groups is 1. The Kier molecular flexibility index (Phi) is 6.11. The molecule has 1 aliphatic heterocycles. The highest BCUT2D eigenvalue weighted by Gasteiger charge is 2.28. The van der Waals surface area contributed by atoms with Crippen LogP contribution in [0.1, 0.15) is 56.2 Å². The van der Waals surface area contributed by atoms with E-state index in [0.717, 1.165) is 17.5 Å². The summed E-state index contributed by atoms with van der Waals surface area (Å²) in [4.78, 5) is 35.7. The molecule has 0 bridgehead atoms. The van der Waals surface area contributed by atoms with Crippen LogP contribution in [0.5, 0.6) is 11.5 Å². The summed E-state index contributed by atoms with van der Waals surface area (Å²) >= 11 is 0. The number of nitrogens with one attached hydrogen (secondary N) is 2. The Labute approximate surface area is 205 Å². The van der Waals surface area contributed by atoms with Crippen LogP contribution in [0.2, 0.25) is 0 Å². The highest BCUT2D eigenvalue weighted by atomic mass is 16.7. The molecular formula is C25H22N4O7. The summed E-state index contributed by atoms with van der Waals surface area (Å²) < 4.78 is 16.6. The van der Waals surface area contributed by atoms with Gasteiger partial charge in [0, 0.05) is 41.8 Å². The van der Waals surface area contributed by atoms with E-state index in [2.05, 4.69) is 15.8 Å². The molecule has 11 nitrogen and oxygen atoms in total. The number of nitro benzene ring substituents is 1. The van der Waals surface area contributed by atoms with Gasteiger partial charge < -0.3 is 19.2 Å². The van der Waals surface area contributed by atoms with Gasteiger partial charge >= 0.3 is 0 Å². The van der Waals surface area contributed by atoms with Crippen molar-refractivity contribution in [2.45, 2.75) is 32.7 Å². The van der Waals surface area contributed by atoms with E-state index in [1.54, 1.807) is 13.0 Å². The Morgan fingerprint density at radius 3 is 2.61 bits per heavy atom. The van der Waals surface area contributed by atoms with Crippen molar-refractivity contribution in [2.75, 3.05) is 6.79 Å². The zero-order valence-corrected chi connectivity index (χ0v) is 19.3. The largest absolute Gasteiger partial charge is 0.455 e. The number of furan rings is 1. The zero-order chi connectivity index (χ0) is 25.2. The lowest BCUT2D eigenvalue weighted by molar-refractivity contribution is -0.384. The van der Waals surface area contributed by atoms with Crippen molar-refractivity contribution >= 4 is 23.2 Å². The highest BCUT2D eigenvalue weighted by Crippen LogP contribution is 2.33. The van der Waals surface area contributed by atoms with E-state index < -0.39 is 10.8 Å². The zero-order valence-electron chi connectivity index (χ0n) is 19.3. The van der Waals surface area contributed by atoms with Gasteiger partial charge in [0.25, 0.3) is 17.5 Å². The first-order valence-corrected chi connectivity index (χ1v) is 11.3. The molecule has 5 rings (SSSR count). The summed E-state index contributed by atoms with van der Waals surface area (Å²) in [5, 5.41) is 18.0. The molecule has 2 heterocycles. The van der Waals surface area contributed by atoms with Gasteiger partial charge in [-0.2, -0.15) is 5.10 Å². The Hall–Kier alpha value is -4.67. The molecule has 0 fully saturated rings. The summed E-state index contributed by atoms with van der Waals surface area (Å²) in [6.07, 6.45) is 2.01. The number of carbonyl (C=O) groups excluding carboxylic acids is 2. The third-order valence-electron chi connectivity index (χ3n) is 6.05. The molecule has 0 radical (unpaired) electrons. The van der Waals surface area contributed by atoms with Crippen molar-refractivity contribution in [1.29, 1.82) is 0 Å². The molecule has 0 atom stereocenters. The molecule has 2 N–H and O–H groups in total. The van der Waals surface area contributed by atoms with Crippen molar-refractivity contribution < 1.29 is 28.4 Å². The lowest BCUT2D eigenvalue weighted by Crippen LogP contribution is -2.23. The summed E-state index contributed by atoms with van der Waals surface area (Å²) in [5.74, 6) is 1.32. The predicted molar refractivity (Wildman–Crippen MR) is 127 cm³/mol. The van der Waals surface area contributed by atoms with Gasteiger partial charge in [-0.05, 0) is 49.6 Å². The number of amides is 2. The molecule has 0 spiro atoms. The minimum absolute atomic E-state index is 0.104. The number of benzene rings is 2. The number of aryl methyl sites for hydroxylation is 1. The predicted octanol–water partition coefficient (Wildman–Crippen LogP) is 3.63. The molecule has 0 saturated carbocycles. The number of nitrogens with zero attached hydrogens (tertiary/aromatic N) is 2. The highest BCUT2D eigenvalue weighted by molar-refractivity contribution is 6.07. The maximum Gasteiger partial charge on any atom is 0.287 e. The van der Waals surface area contributed by atoms with Gasteiger partial charge in [0.1, 0.15) is 5.76 Å². The SMILES string of the molecule is Cc1c(C(=O)NCc2ccc3c(c2)OCO3)oc2c1/C(=N/NC(=O)c1ccc([N+](=O)[O-])cc1)CCC2. The molecule has 36 heavy (non-hydrogen) atoms. The number of nitro groups is 1. The van der Waals surface area contributed by atoms with Gasteiger partial charge in [-0.15, -0.1) is 0 Å². The third kappa shape index (κ3) is 4.50. The number of hydrogen-bond donors (Lipinski definition) is 2. The average Bonchev–Trinajstić information content (AvgIpc) is 3.50. The van der Waals surface area contributed by atoms with E-state index in [9.17, 15) is 19.7 Å². The minimum Gasteiger partial charge on any atom is -0.455 e. The van der Waals surface area contributed by atoms with Gasteiger partial charge in [0.2, 0.25) is 6.79 Å². The fraction of sp³-hybridized carbons (Fsp3) is 0.240. The first-order chi connectivity index (χ1) is 17.4. The van der Waals surface area contributed by atoms with Gasteiger partial charge in [-0.3, -0.25) is 19.7 Å². The van der Waals surface area contributed by atoms with Crippen LogP contribution >= 0.6 is 0 Å². The van der Waals surface area contributed by atoms with Gasteiger partial charge in [0.05, 0.1) is 10.6 Å². The second-order valence-corrected chi connectivity index (χ2v) is 8.38. The van der Waals surface area contributed by atoms with Crippen molar-refractivity contribution in [1.82, 2.24) is 10.7 Å². The third-order valence-corrected chi connectivity index (χ3v) is 6.05. The maximum absolute atomic E-state index is 12.9. The van der Waals surface area contributed by atoms with Crippen LogP contribution in [0.15, 0.2) is 52.0 Å². The maximum atomic E-state index is 12.9. The topological polar surface area (TPSA) is 145 Å². The normalized spacial score (nSPS) is 14.9. The summed E-state index contributed by atoms with van der Waals surface area (Å²) in [5.41, 5.74) is 5.49. The number of hydrogen-bond acceptors (Lipinski definition) is 8. The minimum atomic E-state index is -0.532. The van der Waals surface area contributed by atoms with Crippen molar-refractivity contribution in [3.63, 3.8) is 0 Å². The average molecular weight is 490 g/mol. The lowest BCUT2D eigenvalue weighted by atomic mass is 9.93. The second-order valence-electron chi connectivity index (χ2n) is 8.38. The molecule has 184 valence electrons. The lowest BCUT2D eigenvalue weighted by Gasteiger charge is -2.13. The standard InChI is InChI=1S/C25H22N4O7/c1-14-22-18(27-28-24(30)16-6-8-17(9-7-16)29(32)33)3-2-4-20(22)36-23(14)25(31)26-12-15-5-10-19-21(11-15)35-13-34-19/h5-11H,2-4,12-13H2,1H3,(H,26,31)(H,28,30)/b27-18+. The van der Waals surface area contributed by atoms with Crippen molar-refractivity contribution in [3.05, 3.63) is 86.4 Å². The number of fused-ring (bicyclic) bond motifs is 2. The first-order valence-electron chi connectivity index (χ1n) is 11.3. The summed E-state index contributed by atoms with van der Waals surface area (Å²) in [6, 6.07) is 10.7. The van der Waals surface area contributed by atoms with E-state index in [4.69, 9.17) is 13.9 Å². The fourth-order valence-corrected chi connectivity index (χ4v) is 4.23. The molecule has 1 aliphatic carbocycles. The molecule has 2 amide bonds. The molecule has 11 heteroatoms. The summed E-state index contributed by atoms with van der Waals surface area (Å²) in [6.45, 7) is 2.25. The van der Waals surface area contributed by atoms with Crippen LogP contribution in [0.3, 0.4) is 0 Å².